The van der Waals surface area contributed by atoms with Gasteiger partial charge in [0.25, 0.3) is 0 Å². The lowest BCUT2D eigenvalue weighted by atomic mass is 10.3. The molecule has 0 atom stereocenters. The highest BCUT2D eigenvalue weighted by atomic mass is 16.5. The van der Waals surface area contributed by atoms with Gasteiger partial charge in [-0.25, -0.2) is 9.59 Å². The number of rotatable bonds is 5. The SMILES string of the molecule is C=C(COC(=O)/C=C\C)C(=O)OCC. The Morgan fingerprint density at radius 2 is 2.00 bits per heavy atom. The molecule has 0 saturated heterocycles. The zero-order valence-electron chi connectivity index (χ0n) is 8.41. The lowest BCUT2D eigenvalue weighted by Crippen LogP contribution is -2.13. The van der Waals surface area contributed by atoms with Gasteiger partial charge in [0, 0.05) is 6.08 Å². The molecule has 0 aromatic heterocycles. The maximum Gasteiger partial charge on any atom is 0.336 e. The maximum absolute atomic E-state index is 11.0. The fraction of sp³-hybridized carbons (Fsp3) is 0.400. The van der Waals surface area contributed by atoms with Gasteiger partial charge in [0.05, 0.1) is 12.2 Å². The molecule has 78 valence electrons. The van der Waals surface area contributed by atoms with Gasteiger partial charge < -0.3 is 9.47 Å². The van der Waals surface area contributed by atoms with Crippen LogP contribution in [0.5, 0.6) is 0 Å². The van der Waals surface area contributed by atoms with Gasteiger partial charge in [0.1, 0.15) is 6.61 Å². The van der Waals surface area contributed by atoms with Crippen molar-refractivity contribution in [3.8, 4) is 0 Å². The van der Waals surface area contributed by atoms with Gasteiger partial charge >= 0.3 is 11.9 Å². The highest BCUT2D eigenvalue weighted by Crippen LogP contribution is 1.96. The van der Waals surface area contributed by atoms with Crippen LogP contribution in [0.3, 0.4) is 0 Å². The molecular weight excluding hydrogens is 184 g/mol. The summed E-state index contributed by atoms with van der Waals surface area (Å²) in [5, 5.41) is 0. The van der Waals surface area contributed by atoms with Crippen LogP contribution in [0.4, 0.5) is 0 Å². The van der Waals surface area contributed by atoms with Crippen LogP contribution in [0.2, 0.25) is 0 Å². The van der Waals surface area contributed by atoms with Crippen molar-refractivity contribution in [1.29, 1.82) is 0 Å². The minimum Gasteiger partial charge on any atom is -0.463 e. The number of ether oxygens (including phenoxy) is 2. The molecule has 0 aliphatic rings. The van der Waals surface area contributed by atoms with Crippen molar-refractivity contribution in [2.75, 3.05) is 13.2 Å². The number of esters is 2. The van der Waals surface area contributed by atoms with Crippen LogP contribution in [-0.4, -0.2) is 25.2 Å². The van der Waals surface area contributed by atoms with E-state index < -0.39 is 11.9 Å². The average Bonchev–Trinajstić information content (AvgIpc) is 2.15. The second-order valence-corrected chi connectivity index (χ2v) is 2.43. The number of carbonyl (C=O) groups is 2. The summed E-state index contributed by atoms with van der Waals surface area (Å²) in [7, 11) is 0. The normalized spacial score (nSPS) is 9.86. The number of hydrogen-bond acceptors (Lipinski definition) is 4. The largest absolute Gasteiger partial charge is 0.463 e. The van der Waals surface area contributed by atoms with Gasteiger partial charge in [0.15, 0.2) is 0 Å². The second kappa shape index (κ2) is 6.88. The van der Waals surface area contributed by atoms with E-state index in [1.807, 2.05) is 0 Å². The summed E-state index contributed by atoms with van der Waals surface area (Å²) in [6.45, 7) is 6.96. The highest BCUT2D eigenvalue weighted by Gasteiger charge is 2.09. The predicted molar refractivity (Wildman–Crippen MR) is 51.5 cm³/mol. The Balaban J connectivity index is 3.84. The molecule has 0 aliphatic heterocycles. The average molecular weight is 198 g/mol. The number of hydrogen-bond donors (Lipinski definition) is 0. The summed E-state index contributed by atoms with van der Waals surface area (Å²) in [4.78, 5) is 21.8. The topological polar surface area (TPSA) is 52.6 Å². The number of carbonyl (C=O) groups excluding carboxylic acids is 2. The first-order chi connectivity index (χ1) is 6.61. The molecule has 4 nitrogen and oxygen atoms in total. The summed E-state index contributed by atoms with van der Waals surface area (Å²) < 4.78 is 9.33. The van der Waals surface area contributed by atoms with Crippen LogP contribution in [0, 0.1) is 0 Å². The van der Waals surface area contributed by atoms with Crippen molar-refractivity contribution in [2.45, 2.75) is 13.8 Å². The summed E-state index contributed by atoms with van der Waals surface area (Å²) in [6.07, 6.45) is 2.81. The van der Waals surface area contributed by atoms with Gasteiger partial charge in [-0.15, -0.1) is 0 Å². The lowest BCUT2D eigenvalue weighted by Gasteiger charge is -2.04. The first-order valence-electron chi connectivity index (χ1n) is 4.26. The Kier molecular flexibility index (Phi) is 6.11. The molecule has 14 heavy (non-hydrogen) atoms. The van der Waals surface area contributed by atoms with Crippen LogP contribution in [0.1, 0.15) is 13.8 Å². The van der Waals surface area contributed by atoms with Crippen molar-refractivity contribution >= 4 is 11.9 Å². The second-order valence-electron chi connectivity index (χ2n) is 2.43. The summed E-state index contributed by atoms with van der Waals surface area (Å²) >= 11 is 0. The van der Waals surface area contributed by atoms with Crippen molar-refractivity contribution in [3.63, 3.8) is 0 Å². The summed E-state index contributed by atoms with van der Waals surface area (Å²) in [5.41, 5.74) is 0.129. The standard InChI is InChI=1S/C10H14O4/c1-4-6-9(11)14-7-8(3)10(12)13-5-2/h4,6H,3,5,7H2,1-2H3/b6-4-. The third kappa shape index (κ3) is 5.13. The van der Waals surface area contributed by atoms with Gasteiger partial charge in [-0.3, -0.25) is 0 Å². The van der Waals surface area contributed by atoms with Crippen molar-refractivity contribution in [3.05, 3.63) is 24.3 Å². The monoisotopic (exact) mass is 198 g/mol. The molecule has 0 fully saturated rings. The molecule has 4 heteroatoms. The van der Waals surface area contributed by atoms with Crippen molar-refractivity contribution < 1.29 is 19.1 Å². The molecular formula is C10H14O4. The zero-order valence-corrected chi connectivity index (χ0v) is 8.41. The Morgan fingerprint density at radius 3 is 2.50 bits per heavy atom. The molecule has 0 amide bonds. The van der Waals surface area contributed by atoms with E-state index in [1.165, 1.54) is 6.08 Å². The molecule has 0 unspecified atom stereocenters. The van der Waals surface area contributed by atoms with E-state index in [9.17, 15) is 9.59 Å². The Morgan fingerprint density at radius 1 is 1.36 bits per heavy atom. The van der Waals surface area contributed by atoms with Gasteiger partial charge in [-0.2, -0.15) is 0 Å². The predicted octanol–water partition coefficient (Wildman–Crippen LogP) is 1.22. The van der Waals surface area contributed by atoms with Gasteiger partial charge in [-0.1, -0.05) is 12.7 Å². The zero-order chi connectivity index (χ0) is 11.0. The fourth-order valence-electron chi connectivity index (χ4n) is 0.635. The Bertz CT molecular complexity index is 253. The van der Waals surface area contributed by atoms with E-state index in [-0.39, 0.29) is 18.8 Å². The molecule has 0 aromatic rings. The maximum atomic E-state index is 11.0. The third-order valence-electron chi connectivity index (χ3n) is 1.26. The van der Waals surface area contributed by atoms with E-state index in [0.29, 0.717) is 0 Å². The molecule has 0 N–H and O–H groups in total. The minimum atomic E-state index is -0.541. The minimum absolute atomic E-state index is 0.129. The van der Waals surface area contributed by atoms with Crippen molar-refractivity contribution in [2.24, 2.45) is 0 Å². The number of allylic oxidation sites excluding steroid dienone is 1. The van der Waals surface area contributed by atoms with E-state index in [0.717, 1.165) is 0 Å². The van der Waals surface area contributed by atoms with E-state index in [1.54, 1.807) is 19.9 Å². The molecule has 0 radical (unpaired) electrons. The van der Waals surface area contributed by atoms with Crippen LogP contribution >= 0.6 is 0 Å². The van der Waals surface area contributed by atoms with Crippen LogP contribution in [-0.2, 0) is 19.1 Å². The summed E-state index contributed by atoms with van der Waals surface area (Å²) in [6, 6.07) is 0. The van der Waals surface area contributed by atoms with E-state index in [4.69, 9.17) is 0 Å². The lowest BCUT2D eigenvalue weighted by molar-refractivity contribution is -0.141. The van der Waals surface area contributed by atoms with E-state index >= 15 is 0 Å². The van der Waals surface area contributed by atoms with Crippen LogP contribution in [0.25, 0.3) is 0 Å². The molecule has 0 bridgehead atoms. The Hall–Kier alpha value is -1.58. The molecule has 0 heterocycles. The van der Waals surface area contributed by atoms with Crippen molar-refractivity contribution in [1.82, 2.24) is 0 Å². The molecule has 0 aromatic carbocycles. The molecule has 0 aliphatic carbocycles. The highest BCUT2D eigenvalue weighted by molar-refractivity contribution is 5.89. The quantitative estimate of drug-likeness (QED) is 0.492. The van der Waals surface area contributed by atoms with Crippen LogP contribution in [0.15, 0.2) is 24.3 Å². The van der Waals surface area contributed by atoms with Crippen LogP contribution < -0.4 is 0 Å². The van der Waals surface area contributed by atoms with Gasteiger partial charge in [0.2, 0.25) is 0 Å². The first-order valence-corrected chi connectivity index (χ1v) is 4.26. The fourth-order valence-corrected chi connectivity index (χ4v) is 0.635. The Labute approximate surface area is 83.2 Å². The third-order valence-corrected chi connectivity index (χ3v) is 1.26. The smallest absolute Gasteiger partial charge is 0.336 e. The molecule has 0 spiro atoms. The van der Waals surface area contributed by atoms with Gasteiger partial charge in [-0.05, 0) is 13.8 Å². The first kappa shape index (κ1) is 12.4. The summed E-state index contributed by atoms with van der Waals surface area (Å²) in [5.74, 6) is -1.04. The molecule has 0 saturated carbocycles. The molecule has 0 rings (SSSR count). The van der Waals surface area contributed by atoms with E-state index in [2.05, 4.69) is 16.1 Å².